The monoisotopic (exact) mass is 427 g/mol. The number of anilines is 1. The van der Waals surface area contributed by atoms with Crippen LogP contribution >= 0.6 is 11.8 Å². The maximum Gasteiger partial charge on any atom is 0.234 e. The first-order valence-electron chi connectivity index (χ1n) is 9.96. The second-order valence-electron chi connectivity index (χ2n) is 7.43. The Kier molecular flexibility index (Phi) is 6.06. The number of carbonyl (C=O) groups excluding carboxylic acids is 2. The summed E-state index contributed by atoms with van der Waals surface area (Å²) in [7, 11) is 0. The molecule has 0 bridgehead atoms. The van der Waals surface area contributed by atoms with Gasteiger partial charge in [0.2, 0.25) is 11.8 Å². The van der Waals surface area contributed by atoms with Gasteiger partial charge in [-0.25, -0.2) is 0 Å². The fraction of sp³-hybridized carbons (Fsp3) is 0.160. The molecule has 0 saturated heterocycles. The van der Waals surface area contributed by atoms with Crippen LogP contribution < -0.4 is 10.6 Å². The number of nitrogens with zero attached hydrogens (tertiary/aromatic N) is 1. The van der Waals surface area contributed by atoms with Crippen molar-refractivity contribution in [2.45, 2.75) is 19.3 Å². The number of nitrogens with one attached hydrogen (secondary N) is 2. The fourth-order valence-corrected chi connectivity index (χ4v) is 4.55. The van der Waals surface area contributed by atoms with Crippen LogP contribution in [0.15, 0.2) is 77.3 Å². The molecule has 0 radical (unpaired) electrons. The van der Waals surface area contributed by atoms with E-state index in [0.29, 0.717) is 10.6 Å². The molecule has 0 unspecified atom stereocenters. The lowest BCUT2D eigenvalue weighted by Gasteiger charge is -2.25. The van der Waals surface area contributed by atoms with Crippen LogP contribution in [0.3, 0.4) is 0 Å². The molecule has 0 saturated carbocycles. The number of aryl methyl sites for hydroxylation is 1. The first-order chi connectivity index (χ1) is 15.0. The highest BCUT2D eigenvalue weighted by molar-refractivity contribution is 8.03. The topological polar surface area (TPSA) is 82.0 Å². The first kappa shape index (κ1) is 20.7. The summed E-state index contributed by atoms with van der Waals surface area (Å²) >= 11 is 1.18. The highest BCUT2D eigenvalue weighted by Gasteiger charge is 2.29. The summed E-state index contributed by atoms with van der Waals surface area (Å²) in [5.41, 5.74) is 3.27. The number of hydrogen-bond donors (Lipinski definition) is 2. The van der Waals surface area contributed by atoms with Crippen LogP contribution in [-0.2, 0) is 9.59 Å². The molecule has 154 valence electrons. The first-order valence-corrected chi connectivity index (χ1v) is 10.9. The summed E-state index contributed by atoms with van der Waals surface area (Å²) in [6.45, 7) is 1.99. The van der Waals surface area contributed by atoms with Gasteiger partial charge in [0.05, 0.1) is 22.4 Å². The minimum Gasteiger partial charge on any atom is -0.325 e. The normalized spacial score (nSPS) is 16.0. The van der Waals surface area contributed by atoms with Gasteiger partial charge in [-0.1, -0.05) is 78.0 Å². The van der Waals surface area contributed by atoms with Crippen molar-refractivity contribution >= 4 is 40.0 Å². The molecule has 0 spiro atoms. The zero-order chi connectivity index (χ0) is 21.8. The SMILES string of the molecule is Cc1ccc([C@@H]2CC(=O)NC(SCC(=O)Nc3cccc4ccccc34)=C2C#N)cc1. The molecule has 1 atom stereocenters. The second kappa shape index (κ2) is 9.07. The summed E-state index contributed by atoms with van der Waals surface area (Å²) in [6, 6.07) is 23.7. The number of amides is 2. The van der Waals surface area contributed by atoms with E-state index in [9.17, 15) is 14.9 Å². The van der Waals surface area contributed by atoms with Crippen LogP contribution in [0.5, 0.6) is 0 Å². The van der Waals surface area contributed by atoms with Crippen LogP contribution in [0.4, 0.5) is 5.69 Å². The third-order valence-corrected chi connectivity index (χ3v) is 6.26. The average molecular weight is 428 g/mol. The minimum atomic E-state index is -0.303. The van der Waals surface area contributed by atoms with Gasteiger partial charge in [0, 0.05) is 23.4 Å². The number of thioether (sulfide) groups is 1. The van der Waals surface area contributed by atoms with Gasteiger partial charge in [-0.3, -0.25) is 9.59 Å². The maximum atomic E-state index is 12.6. The van der Waals surface area contributed by atoms with E-state index in [1.54, 1.807) is 0 Å². The predicted octanol–water partition coefficient (Wildman–Crippen LogP) is 4.86. The van der Waals surface area contributed by atoms with Crippen LogP contribution in [0.1, 0.15) is 23.5 Å². The minimum absolute atomic E-state index is 0.0879. The summed E-state index contributed by atoms with van der Waals surface area (Å²) in [4.78, 5) is 24.9. The summed E-state index contributed by atoms with van der Waals surface area (Å²) in [6.07, 6.45) is 0.220. The molecule has 3 aromatic carbocycles. The van der Waals surface area contributed by atoms with Crippen molar-refractivity contribution in [2.75, 3.05) is 11.1 Å². The molecule has 3 aromatic rings. The quantitative estimate of drug-likeness (QED) is 0.609. The Morgan fingerprint density at radius 1 is 1.13 bits per heavy atom. The zero-order valence-corrected chi connectivity index (χ0v) is 17.8. The Balaban J connectivity index is 1.51. The number of fused-ring (bicyclic) bond motifs is 1. The molecule has 0 aliphatic carbocycles. The third kappa shape index (κ3) is 4.62. The van der Waals surface area contributed by atoms with Crippen LogP contribution in [0, 0.1) is 18.3 Å². The molecule has 6 heteroatoms. The van der Waals surface area contributed by atoms with Gasteiger partial charge >= 0.3 is 0 Å². The van der Waals surface area contributed by atoms with Crippen LogP contribution in [0.2, 0.25) is 0 Å². The molecular formula is C25H21N3O2S. The van der Waals surface area contributed by atoms with Gasteiger partial charge in [-0.15, -0.1) is 0 Å². The van der Waals surface area contributed by atoms with Crippen molar-refractivity contribution < 1.29 is 9.59 Å². The zero-order valence-electron chi connectivity index (χ0n) is 17.0. The van der Waals surface area contributed by atoms with Crippen LogP contribution in [-0.4, -0.2) is 17.6 Å². The van der Waals surface area contributed by atoms with Gasteiger partial charge in [0.15, 0.2) is 0 Å². The standard InChI is InChI=1S/C25H21N3O2S/c1-16-9-11-18(12-10-16)20-13-23(29)28-25(21(20)14-26)31-15-24(30)27-22-8-4-6-17-5-2-3-7-19(17)22/h2-12,20H,13,15H2,1H3,(H,27,30)(H,28,29)/t20-/m0/s1. The third-order valence-electron chi connectivity index (χ3n) is 5.25. The Labute approximate surface area is 185 Å². The predicted molar refractivity (Wildman–Crippen MR) is 124 cm³/mol. The van der Waals surface area contributed by atoms with Crippen molar-refractivity contribution in [1.82, 2.24) is 5.32 Å². The van der Waals surface area contributed by atoms with E-state index in [-0.39, 0.29) is 29.9 Å². The van der Waals surface area contributed by atoms with E-state index in [2.05, 4.69) is 16.7 Å². The smallest absolute Gasteiger partial charge is 0.234 e. The molecule has 0 fully saturated rings. The highest BCUT2D eigenvalue weighted by Crippen LogP contribution is 2.36. The molecule has 1 heterocycles. The van der Waals surface area contributed by atoms with E-state index < -0.39 is 0 Å². The van der Waals surface area contributed by atoms with E-state index in [0.717, 1.165) is 27.6 Å². The molecule has 2 N–H and O–H groups in total. The lowest BCUT2D eigenvalue weighted by molar-refractivity contribution is -0.121. The number of carbonyl (C=O) groups is 2. The van der Waals surface area contributed by atoms with Gasteiger partial charge in [0.1, 0.15) is 0 Å². The van der Waals surface area contributed by atoms with E-state index in [4.69, 9.17) is 0 Å². The second-order valence-corrected chi connectivity index (χ2v) is 8.42. The van der Waals surface area contributed by atoms with Crippen molar-refractivity contribution in [3.05, 3.63) is 88.5 Å². The van der Waals surface area contributed by atoms with Gasteiger partial charge < -0.3 is 10.6 Å². The van der Waals surface area contributed by atoms with Crippen molar-refractivity contribution in [3.8, 4) is 6.07 Å². The fourth-order valence-electron chi connectivity index (χ4n) is 3.67. The molecular weight excluding hydrogens is 406 g/mol. The molecule has 1 aliphatic heterocycles. The Hall–Kier alpha value is -3.56. The molecule has 5 nitrogen and oxygen atoms in total. The Morgan fingerprint density at radius 3 is 2.65 bits per heavy atom. The molecule has 1 aliphatic rings. The van der Waals surface area contributed by atoms with Gasteiger partial charge in [-0.05, 0) is 23.9 Å². The number of rotatable bonds is 5. The maximum absolute atomic E-state index is 12.6. The Morgan fingerprint density at radius 2 is 1.87 bits per heavy atom. The van der Waals surface area contributed by atoms with E-state index in [1.165, 1.54) is 11.8 Å². The van der Waals surface area contributed by atoms with Crippen molar-refractivity contribution in [2.24, 2.45) is 0 Å². The number of nitriles is 1. The number of hydrogen-bond acceptors (Lipinski definition) is 4. The largest absolute Gasteiger partial charge is 0.325 e. The lowest BCUT2D eigenvalue weighted by Crippen LogP contribution is -2.31. The van der Waals surface area contributed by atoms with Gasteiger partial charge in [0.25, 0.3) is 0 Å². The summed E-state index contributed by atoms with van der Waals surface area (Å²) in [5, 5.41) is 18.0. The van der Waals surface area contributed by atoms with Crippen molar-refractivity contribution in [3.63, 3.8) is 0 Å². The van der Waals surface area contributed by atoms with Crippen molar-refractivity contribution in [1.29, 1.82) is 5.26 Å². The van der Waals surface area contributed by atoms with Gasteiger partial charge in [-0.2, -0.15) is 5.26 Å². The van der Waals surface area contributed by atoms with Crippen LogP contribution in [0.25, 0.3) is 10.8 Å². The molecule has 0 aromatic heterocycles. The number of allylic oxidation sites excluding steroid dienone is 1. The Bertz CT molecular complexity index is 1220. The van der Waals surface area contributed by atoms with E-state index >= 15 is 0 Å². The summed E-state index contributed by atoms with van der Waals surface area (Å²) < 4.78 is 0. The summed E-state index contributed by atoms with van der Waals surface area (Å²) in [5.74, 6) is -0.563. The number of benzene rings is 3. The molecule has 31 heavy (non-hydrogen) atoms. The molecule has 2 amide bonds. The average Bonchev–Trinajstić information content (AvgIpc) is 2.78. The molecule has 4 rings (SSSR count). The lowest BCUT2D eigenvalue weighted by atomic mass is 9.87. The highest BCUT2D eigenvalue weighted by atomic mass is 32.2. The van der Waals surface area contributed by atoms with E-state index in [1.807, 2.05) is 73.7 Å².